The molecule has 0 radical (unpaired) electrons. The second-order valence-electron chi connectivity index (χ2n) is 4.42. The van der Waals surface area contributed by atoms with Crippen LogP contribution in [-0.2, 0) is 6.54 Å². The number of hydrogen-bond donors (Lipinski definition) is 0. The van der Waals surface area contributed by atoms with Crippen LogP contribution in [0.4, 0.5) is 13.2 Å². The first-order valence-corrected chi connectivity index (χ1v) is 7.30. The Bertz CT molecular complexity index is 672. The predicted molar refractivity (Wildman–Crippen MR) is 78.3 cm³/mol. The number of carbonyl (C=O) groups excluding carboxylic acids is 1. The Morgan fingerprint density at radius 1 is 1.27 bits per heavy atom. The lowest BCUT2D eigenvalue weighted by Crippen LogP contribution is -2.26. The van der Waals surface area contributed by atoms with Crippen LogP contribution in [0, 0.1) is 0 Å². The van der Waals surface area contributed by atoms with Gasteiger partial charge in [-0.2, -0.15) is 0 Å². The first-order valence-electron chi connectivity index (χ1n) is 6.11. The number of carbonyl (C=O) groups is 1. The maximum atomic E-state index is 12.4. The van der Waals surface area contributed by atoms with E-state index in [-0.39, 0.29) is 23.8 Å². The molecule has 0 atom stereocenters. The van der Waals surface area contributed by atoms with Crippen molar-refractivity contribution in [2.45, 2.75) is 12.9 Å². The fraction of sp³-hybridized carbons (Fsp3) is 0.214. The van der Waals surface area contributed by atoms with Crippen molar-refractivity contribution in [3.05, 3.63) is 51.2 Å². The van der Waals surface area contributed by atoms with E-state index in [1.54, 1.807) is 18.2 Å². The molecule has 0 bridgehead atoms. The summed E-state index contributed by atoms with van der Waals surface area (Å²) in [5.41, 5.74) is 0.262. The quantitative estimate of drug-likeness (QED) is 0.809. The van der Waals surface area contributed by atoms with Gasteiger partial charge in [0, 0.05) is 19.2 Å². The number of ether oxygens (including phenoxy) is 1. The van der Waals surface area contributed by atoms with Crippen LogP contribution in [-0.4, -0.2) is 24.2 Å². The molecule has 0 unspecified atom stereocenters. The third-order valence-electron chi connectivity index (χ3n) is 2.74. The van der Waals surface area contributed by atoms with Crippen LogP contribution in [0.5, 0.6) is 5.75 Å². The number of halogens is 4. The molecule has 1 aromatic heterocycles. The maximum Gasteiger partial charge on any atom is 0.573 e. The van der Waals surface area contributed by atoms with Crippen molar-refractivity contribution in [1.82, 2.24) is 4.90 Å². The van der Waals surface area contributed by atoms with Gasteiger partial charge in [-0.1, -0.05) is 29.8 Å². The Morgan fingerprint density at radius 2 is 1.95 bits per heavy atom. The Labute approximate surface area is 133 Å². The summed E-state index contributed by atoms with van der Waals surface area (Å²) >= 11 is 6.88. The number of rotatable bonds is 4. The Kier molecular flexibility index (Phi) is 4.97. The number of amides is 1. The van der Waals surface area contributed by atoms with Crippen molar-refractivity contribution in [2.24, 2.45) is 0 Å². The Morgan fingerprint density at radius 3 is 2.55 bits per heavy atom. The minimum absolute atomic E-state index is 0.0133. The zero-order valence-electron chi connectivity index (χ0n) is 11.4. The molecule has 1 aromatic carbocycles. The molecular formula is C14H11ClF3NO2S. The van der Waals surface area contributed by atoms with E-state index in [1.807, 2.05) is 0 Å². The number of alkyl halides is 3. The zero-order chi connectivity index (χ0) is 16.3. The Hall–Kier alpha value is -1.73. The van der Waals surface area contributed by atoms with Crippen molar-refractivity contribution in [2.75, 3.05) is 7.05 Å². The van der Waals surface area contributed by atoms with Gasteiger partial charge in [-0.3, -0.25) is 4.79 Å². The minimum Gasteiger partial charge on any atom is -0.405 e. The molecule has 2 rings (SSSR count). The normalized spacial score (nSPS) is 11.3. The molecule has 0 saturated carbocycles. The number of hydrogen-bond acceptors (Lipinski definition) is 3. The summed E-state index contributed by atoms with van der Waals surface area (Å²) in [7, 11) is 1.50. The number of nitrogens with zero attached hydrogens (tertiary/aromatic N) is 1. The molecule has 0 aliphatic carbocycles. The lowest BCUT2D eigenvalue weighted by Gasteiger charge is -2.19. The molecule has 0 saturated heterocycles. The van der Waals surface area contributed by atoms with Gasteiger partial charge in [0.05, 0.1) is 9.21 Å². The highest BCUT2D eigenvalue weighted by Crippen LogP contribution is 2.28. The van der Waals surface area contributed by atoms with Crippen molar-refractivity contribution >= 4 is 28.8 Å². The molecule has 118 valence electrons. The fourth-order valence-electron chi connectivity index (χ4n) is 1.80. The molecule has 0 fully saturated rings. The first-order chi connectivity index (χ1) is 10.3. The maximum absolute atomic E-state index is 12.4. The first kappa shape index (κ1) is 16.6. The van der Waals surface area contributed by atoms with Crippen LogP contribution in [0.25, 0.3) is 0 Å². The zero-order valence-corrected chi connectivity index (χ0v) is 12.9. The number of thiophene rings is 1. The van der Waals surface area contributed by atoms with E-state index in [0.717, 1.165) is 11.3 Å². The summed E-state index contributed by atoms with van der Waals surface area (Å²) in [6.45, 7) is -0.0133. The molecule has 1 heterocycles. The molecule has 0 N–H and O–H groups in total. The lowest BCUT2D eigenvalue weighted by atomic mass is 10.2. The number of benzene rings is 1. The average Bonchev–Trinajstić information content (AvgIpc) is 2.85. The van der Waals surface area contributed by atoms with E-state index in [2.05, 4.69) is 4.74 Å². The van der Waals surface area contributed by atoms with Gasteiger partial charge in [-0.05, 0) is 18.2 Å². The molecule has 0 spiro atoms. The molecule has 22 heavy (non-hydrogen) atoms. The molecule has 2 aromatic rings. The summed E-state index contributed by atoms with van der Waals surface area (Å²) in [5, 5.41) is 0. The fourth-order valence-corrected chi connectivity index (χ4v) is 2.84. The summed E-state index contributed by atoms with van der Waals surface area (Å²) in [6.07, 6.45) is -4.78. The molecule has 1 amide bonds. The van der Waals surface area contributed by atoms with Gasteiger partial charge in [0.25, 0.3) is 5.91 Å². The lowest BCUT2D eigenvalue weighted by molar-refractivity contribution is -0.274. The van der Waals surface area contributed by atoms with E-state index in [1.165, 1.54) is 30.1 Å². The van der Waals surface area contributed by atoms with Gasteiger partial charge in [-0.25, -0.2) is 0 Å². The van der Waals surface area contributed by atoms with Crippen LogP contribution in [0.3, 0.4) is 0 Å². The minimum atomic E-state index is -4.78. The second-order valence-corrected chi connectivity index (χ2v) is 6.14. The van der Waals surface area contributed by atoms with E-state index >= 15 is 0 Å². The summed E-state index contributed by atoms with van der Waals surface area (Å²) in [5.74, 6) is -0.641. The smallest absolute Gasteiger partial charge is 0.405 e. The van der Waals surface area contributed by atoms with Gasteiger partial charge in [0.2, 0.25) is 0 Å². The Balaban J connectivity index is 2.15. The van der Waals surface area contributed by atoms with Crippen molar-refractivity contribution < 1.29 is 22.7 Å². The predicted octanol–water partition coefficient (Wildman–Crippen LogP) is 4.57. The SMILES string of the molecule is CN(Cc1ccccc1OC(F)(F)F)C(=O)c1ccc(Cl)s1. The van der Waals surface area contributed by atoms with Gasteiger partial charge >= 0.3 is 6.36 Å². The van der Waals surface area contributed by atoms with Crippen LogP contribution in [0.2, 0.25) is 4.34 Å². The molecule has 0 aliphatic rings. The molecular weight excluding hydrogens is 339 g/mol. The topological polar surface area (TPSA) is 29.5 Å². The summed E-state index contributed by atoms with van der Waals surface area (Å²) < 4.78 is 41.5. The summed E-state index contributed by atoms with van der Waals surface area (Å²) in [4.78, 5) is 13.9. The molecule has 8 heteroatoms. The average molecular weight is 350 g/mol. The van der Waals surface area contributed by atoms with Gasteiger partial charge < -0.3 is 9.64 Å². The monoisotopic (exact) mass is 349 g/mol. The van der Waals surface area contributed by atoms with Crippen molar-refractivity contribution in [3.8, 4) is 5.75 Å². The van der Waals surface area contributed by atoms with Crippen molar-refractivity contribution in [3.63, 3.8) is 0 Å². The summed E-state index contributed by atoms with van der Waals surface area (Å²) in [6, 6.07) is 8.87. The van der Waals surface area contributed by atoms with Crippen LogP contribution in [0.1, 0.15) is 15.2 Å². The third-order valence-corrected chi connectivity index (χ3v) is 3.96. The standard InChI is InChI=1S/C14H11ClF3NO2S/c1-19(13(20)11-6-7-12(15)22-11)8-9-4-2-3-5-10(9)21-14(16,17)18/h2-7H,8H2,1H3. The number of para-hydroxylation sites is 1. The van der Waals surface area contributed by atoms with Crippen molar-refractivity contribution in [1.29, 1.82) is 0 Å². The molecule has 0 aliphatic heterocycles. The third kappa shape index (κ3) is 4.38. The van der Waals surface area contributed by atoms with Crippen LogP contribution < -0.4 is 4.74 Å². The van der Waals surface area contributed by atoms with Crippen LogP contribution in [0.15, 0.2) is 36.4 Å². The van der Waals surface area contributed by atoms with Gasteiger partial charge in [0.15, 0.2) is 0 Å². The van der Waals surface area contributed by atoms with E-state index in [0.29, 0.717) is 9.21 Å². The van der Waals surface area contributed by atoms with E-state index in [9.17, 15) is 18.0 Å². The van der Waals surface area contributed by atoms with Gasteiger partial charge in [0.1, 0.15) is 5.75 Å². The van der Waals surface area contributed by atoms with Gasteiger partial charge in [-0.15, -0.1) is 24.5 Å². The van der Waals surface area contributed by atoms with E-state index < -0.39 is 6.36 Å². The molecule has 3 nitrogen and oxygen atoms in total. The highest BCUT2D eigenvalue weighted by atomic mass is 35.5. The second kappa shape index (κ2) is 6.58. The largest absolute Gasteiger partial charge is 0.573 e. The van der Waals surface area contributed by atoms with E-state index in [4.69, 9.17) is 11.6 Å². The highest BCUT2D eigenvalue weighted by Gasteiger charge is 2.32. The van der Waals surface area contributed by atoms with Crippen LogP contribution >= 0.6 is 22.9 Å². The highest BCUT2D eigenvalue weighted by molar-refractivity contribution is 7.17.